The Morgan fingerprint density at radius 3 is 2.53 bits per heavy atom. The van der Waals surface area contributed by atoms with Gasteiger partial charge in [-0.1, -0.05) is 26.2 Å². The molecular weight excluding hydrogens is 234 g/mol. The third-order valence-corrected chi connectivity index (χ3v) is 4.64. The van der Waals surface area contributed by atoms with Gasteiger partial charge in [0.1, 0.15) is 0 Å². The lowest BCUT2D eigenvalue weighted by molar-refractivity contribution is 0.304. The first-order valence-electron chi connectivity index (χ1n) is 7.90. The number of aromatic nitrogens is 2. The maximum atomic E-state index is 4.81. The third kappa shape index (κ3) is 3.19. The summed E-state index contributed by atoms with van der Waals surface area (Å²) in [6.45, 7) is 9.91. The van der Waals surface area contributed by atoms with Crippen LogP contribution in [0.3, 0.4) is 0 Å². The number of aryl methyl sites for hydroxylation is 1. The van der Waals surface area contributed by atoms with Crippen LogP contribution in [0.1, 0.15) is 68.4 Å². The van der Waals surface area contributed by atoms with Gasteiger partial charge in [0.25, 0.3) is 0 Å². The average Bonchev–Trinajstić information content (AvgIpc) is 2.62. The first-order valence-corrected chi connectivity index (χ1v) is 7.90. The molecule has 1 aromatic heterocycles. The van der Waals surface area contributed by atoms with Crippen LogP contribution in [0, 0.1) is 20.8 Å². The Balaban J connectivity index is 2.23. The number of nitrogens with one attached hydrogen (secondary N) is 1. The second kappa shape index (κ2) is 6.56. The maximum absolute atomic E-state index is 4.81. The van der Waals surface area contributed by atoms with Gasteiger partial charge in [-0.25, -0.2) is 0 Å². The molecule has 0 amide bonds. The van der Waals surface area contributed by atoms with Gasteiger partial charge in [-0.05, 0) is 52.1 Å². The second-order valence-corrected chi connectivity index (χ2v) is 6.01. The minimum absolute atomic E-state index is 0.543. The van der Waals surface area contributed by atoms with E-state index in [1.54, 1.807) is 0 Å². The molecular formula is C16H29N3. The summed E-state index contributed by atoms with van der Waals surface area (Å²) in [5, 5.41) is 8.57. The summed E-state index contributed by atoms with van der Waals surface area (Å²) in [6, 6.07) is 1.14. The number of hydrogen-bond acceptors (Lipinski definition) is 2. The van der Waals surface area contributed by atoms with Gasteiger partial charge in [-0.3, -0.25) is 4.68 Å². The second-order valence-electron chi connectivity index (χ2n) is 6.01. The van der Waals surface area contributed by atoms with Crippen molar-refractivity contribution in [1.29, 1.82) is 0 Å². The van der Waals surface area contributed by atoms with E-state index in [1.807, 2.05) is 0 Å². The summed E-state index contributed by atoms with van der Waals surface area (Å²) in [6.07, 6.45) is 7.84. The Kier molecular flexibility index (Phi) is 5.03. The van der Waals surface area contributed by atoms with E-state index in [2.05, 4.69) is 37.7 Å². The Morgan fingerprint density at radius 1 is 1.16 bits per heavy atom. The molecule has 0 aromatic carbocycles. The fourth-order valence-corrected chi connectivity index (χ4v) is 3.22. The van der Waals surface area contributed by atoms with Gasteiger partial charge in [0.15, 0.2) is 0 Å². The van der Waals surface area contributed by atoms with E-state index in [4.69, 9.17) is 5.10 Å². The Morgan fingerprint density at radius 2 is 1.89 bits per heavy atom. The molecule has 108 valence electrons. The first kappa shape index (κ1) is 14.6. The Labute approximate surface area is 117 Å². The molecule has 1 saturated carbocycles. The zero-order valence-electron chi connectivity index (χ0n) is 13.0. The van der Waals surface area contributed by atoms with Gasteiger partial charge in [-0.15, -0.1) is 0 Å². The quantitative estimate of drug-likeness (QED) is 0.840. The van der Waals surface area contributed by atoms with Crippen LogP contribution in [-0.4, -0.2) is 22.4 Å². The lowest BCUT2D eigenvalue weighted by Crippen LogP contribution is -2.38. The van der Waals surface area contributed by atoms with Crippen molar-refractivity contribution in [3.8, 4) is 0 Å². The summed E-state index contributed by atoms with van der Waals surface area (Å²) in [5.41, 5.74) is 3.90. The Bertz CT molecular complexity index is 408. The van der Waals surface area contributed by atoms with Gasteiger partial charge in [-0.2, -0.15) is 5.10 Å². The van der Waals surface area contributed by atoms with Crippen molar-refractivity contribution >= 4 is 0 Å². The predicted octanol–water partition coefficient (Wildman–Crippen LogP) is 3.68. The minimum Gasteiger partial charge on any atom is -0.312 e. The molecule has 1 aromatic rings. The first-order chi connectivity index (χ1) is 9.15. The van der Waals surface area contributed by atoms with Crippen molar-refractivity contribution in [3.63, 3.8) is 0 Å². The molecule has 0 bridgehead atoms. The van der Waals surface area contributed by atoms with Crippen LogP contribution in [0.2, 0.25) is 0 Å². The fraction of sp³-hybridized carbons (Fsp3) is 0.812. The third-order valence-electron chi connectivity index (χ3n) is 4.64. The van der Waals surface area contributed by atoms with E-state index < -0.39 is 0 Å². The van der Waals surface area contributed by atoms with Crippen molar-refractivity contribution in [1.82, 2.24) is 15.1 Å². The van der Waals surface area contributed by atoms with E-state index in [9.17, 15) is 0 Å². The van der Waals surface area contributed by atoms with E-state index in [1.165, 1.54) is 55.5 Å². The molecule has 1 fully saturated rings. The topological polar surface area (TPSA) is 29.9 Å². The van der Waals surface area contributed by atoms with Crippen LogP contribution in [0.4, 0.5) is 0 Å². The van der Waals surface area contributed by atoms with Crippen LogP contribution in [-0.2, 0) is 0 Å². The minimum atomic E-state index is 0.543. The molecule has 0 radical (unpaired) electrons. The molecule has 1 N–H and O–H groups in total. The van der Waals surface area contributed by atoms with E-state index in [-0.39, 0.29) is 0 Å². The van der Waals surface area contributed by atoms with Crippen molar-refractivity contribution in [2.24, 2.45) is 0 Å². The van der Waals surface area contributed by atoms with Crippen LogP contribution in [0.25, 0.3) is 0 Å². The van der Waals surface area contributed by atoms with Crippen LogP contribution in [0.5, 0.6) is 0 Å². The van der Waals surface area contributed by atoms with Crippen LogP contribution in [0.15, 0.2) is 0 Å². The predicted molar refractivity (Wildman–Crippen MR) is 80.6 cm³/mol. The molecule has 3 heteroatoms. The highest BCUT2D eigenvalue weighted by Gasteiger charge is 2.27. The van der Waals surface area contributed by atoms with Crippen LogP contribution >= 0.6 is 0 Å². The SMILES string of the molecule is CCCNC1CCCCCC1n1nc(C)c(C)c1C. The average molecular weight is 263 g/mol. The zero-order chi connectivity index (χ0) is 13.8. The molecule has 2 atom stereocenters. The van der Waals surface area contributed by atoms with Crippen LogP contribution < -0.4 is 5.32 Å². The summed E-state index contributed by atoms with van der Waals surface area (Å²) in [7, 11) is 0. The van der Waals surface area contributed by atoms with Crippen molar-refractivity contribution in [2.45, 2.75) is 78.3 Å². The molecule has 1 heterocycles. The number of nitrogens with zero attached hydrogens (tertiary/aromatic N) is 2. The summed E-state index contributed by atoms with van der Waals surface area (Å²) >= 11 is 0. The van der Waals surface area contributed by atoms with Gasteiger partial charge in [0.2, 0.25) is 0 Å². The molecule has 2 rings (SSSR count). The Hall–Kier alpha value is -0.830. The largest absolute Gasteiger partial charge is 0.312 e. The highest BCUT2D eigenvalue weighted by molar-refractivity contribution is 5.23. The van der Waals surface area contributed by atoms with Gasteiger partial charge in [0, 0.05) is 11.7 Å². The summed E-state index contributed by atoms with van der Waals surface area (Å²) in [5.74, 6) is 0. The van der Waals surface area contributed by atoms with Crippen molar-refractivity contribution in [2.75, 3.05) is 6.54 Å². The van der Waals surface area contributed by atoms with E-state index in [0.29, 0.717) is 12.1 Å². The number of hydrogen-bond donors (Lipinski definition) is 1. The van der Waals surface area contributed by atoms with E-state index >= 15 is 0 Å². The lowest BCUT2D eigenvalue weighted by Gasteiger charge is -2.27. The molecule has 2 unspecified atom stereocenters. The highest BCUT2D eigenvalue weighted by Crippen LogP contribution is 2.29. The fourth-order valence-electron chi connectivity index (χ4n) is 3.22. The normalized spacial score (nSPS) is 24.4. The molecule has 0 spiro atoms. The van der Waals surface area contributed by atoms with Gasteiger partial charge < -0.3 is 5.32 Å². The molecule has 3 nitrogen and oxygen atoms in total. The monoisotopic (exact) mass is 263 g/mol. The standard InChI is InChI=1S/C16H29N3/c1-5-11-17-15-9-7-6-8-10-16(15)19-14(4)12(2)13(3)18-19/h15-17H,5-11H2,1-4H3. The molecule has 0 aliphatic heterocycles. The van der Waals surface area contributed by atoms with E-state index in [0.717, 1.165) is 6.54 Å². The highest BCUT2D eigenvalue weighted by atomic mass is 15.3. The smallest absolute Gasteiger partial charge is 0.0675 e. The summed E-state index contributed by atoms with van der Waals surface area (Å²) in [4.78, 5) is 0. The number of rotatable bonds is 4. The maximum Gasteiger partial charge on any atom is 0.0675 e. The summed E-state index contributed by atoms with van der Waals surface area (Å²) < 4.78 is 2.31. The van der Waals surface area contributed by atoms with Gasteiger partial charge in [0.05, 0.1) is 11.7 Å². The van der Waals surface area contributed by atoms with Gasteiger partial charge >= 0.3 is 0 Å². The molecule has 0 saturated heterocycles. The molecule has 19 heavy (non-hydrogen) atoms. The van der Waals surface area contributed by atoms with Crippen molar-refractivity contribution < 1.29 is 0 Å². The zero-order valence-corrected chi connectivity index (χ0v) is 13.0. The molecule has 1 aliphatic carbocycles. The lowest BCUT2D eigenvalue weighted by atomic mass is 10.0. The molecule has 1 aliphatic rings. The van der Waals surface area contributed by atoms with Crippen molar-refractivity contribution in [3.05, 3.63) is 17.0 Å².